The van der Waals surface area contributed by atoms with Crippen LogP contribution in [0.25, 0.3) is 0 Å². The number of guanidine groups is 1. The molecule has 0 radical (unpaired) electrons. The number of benzene rings is 1. The predicted molar refractivity (Wildman–Crippen MR) is 110 cm³/mol. The van der Waals surface area contributed by atoms with Crippen LogP contribution in [0.3, 0.4) is 0 Å². The molecule has 0 saturated heterocycles. The highest BCUT2D eigenvalue weighted by Crippen LogP contribution is 2.47. The Hall–Kier alpha value is -0.940. The molecule has 0 heterocycles. The minimum Gasteiger partial charge on any atom is -0.356 e. The molecule has 142 valence electrons. The number of halogens is 2. The topological polar surface area (TPSA) is 82.6 Å². The van der Waals surface area contributed by atoms with Crippen molar-refractivity contribution in [1.82, 2.24) is 15.4 Å². The molecule has 6 nitrogen and oxygen atoms in total. The zero-order valence-corrected chi connectivity index (χ0v) is 17.7. The first-order chi connectivity index (χ1) is 11.4. The summed E-state index contributed by atoms with van der Waals surface area (Å²) in [6.45, 7) is 2.99. The van der Waals surface area contributed by atoms with Crippen LogP contribution in [0.5, 0.6) is 0 Å². The number of rotatable bonds is 8. The van der Waals surface area contributed by atoms with E-state index in [4.69, 9.17) is 0 Å². The van der Waals surface area contributed by atoms with Crippen LogP contribution in [0, 0.1) is 5.82 Å². The maximum absolute atomic E-state index is 13.4. The molecule has 25 heavy (non-hydrogen) atoms. The maximum atomic E-state index is 13.4. The van der Waals surface area contributed by atoms with Gasteiger partial charge in [-0.05, 0) is 37.5 Å². The van der Waals surface area contributed by atoms with Gasteiger partial charge in [-0.3, -0.25) is 4.99 Å². The lowest BCUT2D eigenvalue weighted by Gasteiger charge is -2.19. The molecule has 1 aromatic rings. The Balaban J connectivity index is 0.00000312. The first-order valence-corrected chi connectivity index (χ1v) is 9.74. The van der Waals surface area contributed by atoms with Gasteiger partial charge in [-0.25, -0.2) is 17.5 Å². The standard InChI is InChI=1S/C16H25FN4O2S.HI/c1-3-24(22,23)21-10-9-19-15(18-2)20-12-16(7-8-16)13-5-4-6-14(17)11-13;/h4-6,11,21H,3,7-10,12H2,1-2H3,(H2,18,19,20);1H. The first kappa shape index (κ1) is 22.1. The van der Waals surface area contributed by atoms with Crippen LogP contribution in [0.2, 0.25) is 0 Å². The van der Waals surface area contributed by atoms with Crippen molar-refractivity contribution >= 4 is 40.0 Å². The van der Waals surface area contributed by atoms with Crippen LogP contribution >= 0.6 is 24.0 Å². The third-order valence-corrected chi connectivity index (χ3v) is 5.63. The summed E-state index contributed by atoms with van der Waals surface area (Å²) in [5.41, 5.74) is 0.963. The Morgan fingerprint density at radius 2 is 2.00 bits per heavy atom. The smallest absolute Gasteiger partial charge is 0.211 e. The molecular weight excluding hydrogens is 458 g/mol. The normalized spacial score (nSPS) is 16.0. The zero-order valence-electron chi connectivity index (χ0n) is 14.5. The van der Waals surface area contributed by atoms with Gasteiger partial charge in [0.15, 0.2) is 5.96 Å². The molecule has 0 aromatic heterocycles. The van der Waals surface area contributed by atoms with E-state index in [1.54, 1.807) is 26.1 Å². The number of nitrogens with zero attached hydrogens (tertiary/aromatic N) is 1. The second-order valence-electron chi connectivity index (χ2n) is 5.94. The molecule has 1 aliphatic rings. The Kier molecular flexibility index (Phi) is 8.55. The van der Waals surface area contributed by atoms with E-state index in [1.165, 1.54) is 6.07 Å². The van der Waals surface area contributed by atoms with Gasteiger partial charge in [0, 0.05) is 32.1 Å². The Morgan fingerprint density at radius 3 is 2.56 bits per heavy atom. The van der Waals surface area contributed by atoms with Crippen molar-refractivity contribution in [2.45, 2.75) is 25.2 Å². The Morgan fingerprint density at radius 1 is 1.28 bits per heavy atom. The Bertz CT molecular complexity index is 693. The summed E-state index contributed by atoms with van der Waals surface area (Å²) in [5, 5.41) is 6.31. The van der Waals surface area contributed by atoms with Crippen molar-refractivity contribution in [2.75, 3.05) is 32.4 Å². The predicted octanol–water partition coefficient (Wildman–Crippen LogP) is 1.58. The van der Waals surface area contributed by atoms with Crippen molar-refractivity contribution in [3.63, 3.8) is 0 Å². The minimum absolute atomic E-state index is 0. The molecule has 0 unspecified atom stereocenters. The fourth-order valence-electron chi connectivity index (χ4n) is 2.50. The zero-order chi connectivity index (χ0) is 17.6. The molecule has 0 spiro atoms. The number of hydrogen-bond donors (Lipinski definition) is 3. The van der Waals surface area contributed by atoms with Crippen LogP contribution < -0.4 is 15.4 Å². The van der Waals surface area contributed by atoms with Gasteiger partial charge in [-0.15, -0.1) is 24.0 Å². The molecule has 3 N–H and O–H groups in total. The van der Waals surface area contributed by atoms with E-state index in [-0.39, 0.29) is 41.0 Å². The third-order valence-electron chi connectivity index (χ3n) is 4.23. The molecule has 0 amide bonds. The van der Waals surface area contributed by atoms with E-state index in [1.807, 2.05) is 6.07 Å². The molecule has 9 heteroatoms. The van der Waals surface area contributed by atoms with Crippen molar-refractivity contribution in [3.05, 3.63) is 35.6 Å². The van der Waals surface area contributed by atoms with E-state index in [2.05, 4.69) is 20.3 Å². The third kappa shape index (κ3) is 6.70. The summed E-state index contributed by atoms with van der Waals surface area (Å²) in [6.07, 6.45) is 2.02. The van der Waals surface area contributed by atoms with Gasteiger partial charge < -0.3 is 10.6 Å². The molecule has 1 fully saturated rings. The van der Waals surface area contributed by atoms with Crippen LogP contribution in [0.4, 0.5) is 4.39 Å². The van der Waals surface area contributed by atoms with Gasteiger partial charge in [0.05, 0.1) is 5.75 Å². The molecule has 0 atom stereocenters. The summed E-state index contributed by atoms with van der Waals surface area (Å²) in [5.74, 6) is 0.453. The lowest BCUT2D eigenvalue weighted by atomic mass is 9.96. The van der Waals surface area contributed by atoms with Crippen LogP contribution in [0.15, 0.2) is 29.3 Å². The summed E-state index contributed by atoms with van der Waals surface area (Å²) in [4.78, 5) is 4.13. The highest BCUT2D eigenvalue weighted by molar-refractivity contribution is 14.0. The number of aliphatic imine (C=N–C) groups is 1. The van der Waals surface area contributed by atoms with Crippen LogP contribution in [-0.4, -0.2) is 46.8 Å². The van der Waals surface area contributed by atoms with Crippen LogP contribution in [0.1, 0.15) is 25.3 Å². The van der Waals surface area contributed by atoms with E-state index in [9.17, 15) is 12.8 Å². The van der Waals surface area contributed by atoms with Gasteiger partial charge in [-0.1, -0.05) is 12.1 Å². The molecule has 1 aromatic carbocycles. The molecule has 1 aliphatic carbocycles. The SMILES string of the molecule is CCS(=O)(=O)NCCNC(=NC)NCC1(c2cccc(F)c2)CC1.I. The summed E-state index contributed by atoms with van der Waals surface area (Å²) >= 11 is 0. The highest BCUT2D eigenvalue weighted by Gasteiger charge is 2.44. The van der Waals surface area contributed by atoms with E-state index >= 15 is 0 Å². The highest BCUT2D eigenvalue weighted by atomic mass is 127. The fourth-order valence-corrected chi connectivity index (χ4v) is 3.12. The number of sulfonamides is 1. The minimum atomic E-state index is -3.18. The lowest BCUT2D eigenvalue weighted by Crippen LogP contribution is -2.44. The molecular formula is C16H26FIN4O2S. The first-order valence-electron chi connectivity index (χ1n) is 8.09. The second-order valence-corrected chi connectivity index (χ2v) is 8.04. The number of nitrogens with one attached hydrogen (secondary N) is 3. The quantitative estimate of drug-likeness (QED) is 0.227. The molecule has 0 bridgehead atoms. The second kappa shape index (κ2) is 9.67. The summed E-state index contributed by atoms with van der Waals surface area (Å²) < 4.78 is 38.6. The van der Waals surface area contributed by atoms with E-state index < -0.39 is 10.0 Å². The van der Waals surface area contributed by atoms with Crippen molar-refractivity contribution < 1.29 is 12.8 Å². The van der Waals surface area contributed by atoms with Gasteiger partial charge >= 0.3 is 0 Å². The van der Waals surface area contributed by atoms with Gasteiger partial charge in [-0.2, -0.15) is 0 Å². The largest absolute Gasteiger partial charge is 0.356 e. The van der Waals surface area contributed by atoms with Gasteiger partial charge in [0.1, 0.15) is 5.82 Å². The molecule has 2 rings (SSSR count). The summed E-state index contributed by atoms with van der Waals surface area (Å²) in [7, 11) is -1.52. The maximum Gasteiger partial charge on any atom is 0.211 e. The van der Waals surface area contributed by atoms with Crippen molar-refractivity contribution in [2.24, 2.45) is 4.99 Å². The monoisotopic (exact) mass is 484 g/mol. The molecule has 1 saturated carbocycles. The molecule has 0 aliphatic heterocycles. The summed E-state index contributed by atoms with van der Waals surface area (Å²) in [6, 6.07) is 6.72. The van der Waals surface area contributed by atoms with E-state index in [0.29, 0.717) is 25.6 Å². The Labute approximate surface area is 166 Å². The lowest BCUT2D eigenvalue weighted by molar-refractivity contribution is 0.581. The van der Waals surface area contributed by atoms with Gasteiger partial charge in [0.25, 0.3) is 0 Å². The van der Waals surface area contributed by atoms with Crippen molar-refractivity contribution in [3.8, 4) is 0 Å². The fraction of sp³-hybridized carbons (Fsp3) is 0.562. The van der Waals surface area contributed by atoms with Gasteiger partial charge in [0.2, 0.25) is 10.0 Å². The van der Waals surface area contributed by atoms with E-state index in [0.717, 1.165) is 18.4 Å². The van der Waals surface area contributed by atoms with Crippen LogP contribution in [-0.2, 0) is 15.4 Å². The number of hydrogen-bond acceptors (Lipinski definition) is 3. The average Bonchev–Trinajstić information content (AvgIpc) is 3.35. The average molecular weight is 484 g/mol. The van der Waals surface area contributed by atoms with Crippen molar-refractivity contribution in [1.29, 1.82) is 0 Å².